The minimum Gasteiger partial charge on any atom is -0.357 e. The molecule has 1 atom stereocenters. The zero-order valence-corrected chi connectivity index (χ0v) is 10.1. The van der Waals surface area contributed by atoms with Gasteiger partial charge in [-0.2, -0.15) is 13.9 Å². The number of aromatic nitrogens is 5. The van der Waals surface area contributed by atoms with Gasteiger partial charge in [-0.1, -0.05) is 0 Å². The Labute approximate surface area is 108 Å². The fraction of sp³-hybridized carbons (Fsp3) is 0.545. The van der Waals surface area contributed by atoms with E-state index >= 15 is 0 Å². The van der Waals surface area contributed by atoms with Crippen molar-refractivity contribution in [2.24, 2.45) is 0 Å². The first-order chi connectivity index (χ1) is 9.25. The molecule has 0 bridgehead atoms. The highest BCUT2D eigenvalue weighted by molar-refractivity contribution is 5.52. The second-order valence-electron chi connectivity index (χ2n) is 4.37. The quantitative estimate of drug-likeness (QED) is 0.857. The molecule has 3 rings (SSSR count). The number of nitrogens with zero attached hydrogens (tertiary/aromatic N) is 5. The average molecular weight is 269 g/mol. The molecule has 0 saturated carbocycles. The van der Waals surface area contributed by atoms with Crippen molar-refractivity contribution in [1.29, 1.82) is 0 Å². The summed E-state index contributed by atoms with van der Waals surface area (Å²) in [5.41, 5.74) is 0.506. The smallest absolute Gasteiger partial charge is 0.321 e. The molecule has 0 amide bonds. The van der Waals surface area contributed by atoms with Gasteiger partial charge < -0.3 is 4.74 Å². The van der Waals surface area contributed by atoms with Gasteiger partial charge in [0.2, 0.25) is 0 Å². The first kappa shape index (κ1) is 12.2. The van der Waals surface area contributed by atoms with Crippen LogP contribution < -0.4 is 0 Å². The number of alkyl halides is 2. The van der Waals surface area contributed by atoms with Crippen LogP contribution in [-0.4, -0.2) is 31.2 Å². The first-order valence-corrected chi connectivity index (χ1v) is 6.09. The number of ether oxygens (including phenoxy) is 1. The minimum absolute atomic E-state index is 0.108. The summed E-state index contributed by atoms with van der Waals surface area (Å²) in [6, 6.07) is 0. The molecular weight excluding hydrogens is 256 g/mol. The fourth-order valence-corrected chi connectivity index (χ4v) is 2.14. The molecule has 2 aromatic heterocycles. The van der Waals surface area contributed by atoms with Crippen molar-refractivity contribution < 1.29 is 13.5 Å². The highest BCUT2D eigenvalue weighted by atomic mass is 19.3. The number of halogens is 2. The largest absolute Gasteiger partial charge is 0.357 e. The fourth-order valence-electron chi connectivity index (χ4n) is 2.14. The van der Waals surface area contributed by atoms with Crippen LogP contribution in [0.15, 0.2) is 18.7 Å². The molecule has 1 aliphatic heterocycles. The summed E-state index contributed by atoms with van der Waals surface area (Å²) in [7, 11) is 0. The van der Waals surface area contributed by atoms with Crippen LogP contribution >= 0.6 is 0 Å². The predicted molar refractivity (Wildman–Crippen MR) is 61.3 cm³/mol. The Kier molecular flexibility index (Phi) is 3.24. The van der Waals surface area contributed by atoms with Gasteiger partial charge in [0.05, 0.1) is 11.8 Å². The van der Waals surface area contributed by atoms with E-state index < -0.39 is 6.55 Å². The molecule has 0 aliphatic carbocycles. The number of hydrogen-bond donors (Lipinski definition) is 0. The van der Waals surface area contributed by atoms with Gasteiger partial charge in [-0.25, -0.2) is 4.68 Å². The summed E-state index contributed by atoms with van der Waals surface area (Å²) in [5, 5.41) is 11.4. The molecule has 0 aromatic carbocycles. The predicted octanol–water partition coefficient (Wildman–Crippen LogP) is 2.24. The summed E-state index contributed by atoms with van der Waals surface area (Å²) >= 11 is 0. The van der Waals surface area contributed by atoms with E-state index in [1.54, 1.807) is 10.9 Å². The van der Waals surface area contributed by atoms with Gasteiger partial charge in [0.25, 0.3) is 0 Å². The Morgan fingerprint density at radius 2 is 2.26 bits per heavy atom. The summed E-state index contributed by atoms with van der Waals surface area (Å²) in [5.74, 6) is 0.108. The number of rotatable bonds is 3. The Morgan fingerprint density at radius 3 is 3.00 bits per heavy atom. The van der Waals surface area contributed by atoms with Crippen LogP contribution in [0.4, 0.5) is 8.78 Å². The Hall–Kier alpha value is -1.83. The lowest BCUT2D eigenvalue weighted by Crippen LogP contribution is -2.18. The molecule has 8 heteroatoms. The van der Waals surface area contributed by atoms with E-state index in [2.05, 4.69) is 15.3 Å². The van der Waals surface area contributed by atoms with Crippen molar-refractivity contribution in [2.75, 3.05) is 6.61 Å². The minimum atomic E-state index is -2.67. The number of hydrogen-bond acceptors (Lipinski definition) is 4. The van der Waals surface area contributed by atoms with Crippen LogP contribution in [-0.2, 0) is 4.74 Å². The molecule has 1 fully saturated rings. The van der Waals surface area contributed by atoms with Gasteiger partial charge in [-0.3, -0.25) is 4.57 Å². The molecule has 3 heterocycles. The molecule has 0 spiro atoms. The van der Waals surface area contributed by atoms with Gasteiger partial charge in [0.15, 0.2) is 5.82 Å². The molecule has 6 nitrogen and oxygen atoms in total. The normalized spacial score (nSPS) is 20.1. The zero-order chi connectivity index (χ0) is 13.2. The highest BCUT2D eigenvalue weighted by Gasteiger charge is 2.20. The van der Waals surface area contributed by atoms with E-state index in [-0.39, 0.29) is 12.1 Å². The van der Waals surface area contributed by atoms with Crippen molar-refractivity contribution in [1.82, 2.24) is 24.5 Å². The van der Waals surface area contributed by atoms with E-state index in [1.165, 1.54) is 6.20 Å². The third-order valence-electron chi connectivity index (χ3n) is 3.09. The summed E-state index contributed by atoms with van der Waals surface area (Å²) in [6.07, 6.45) is 7.05. The summed E-state index contributed by atoms with van der Waals surface area (Å²) in [6.45, 7) is -1.97. The molecule has 0 N–H and O–H groups in total. The lowest BCUT2D eigenvalue weighted by atomic mass is 10.2. The zero-order valence-electron chi connectivity index (χ0n) is 10.1. The average Bonchev–Trinajstić information content (AvgIpc) is 3.08. The Bertz CT molecular complexity index is 547. The van der Waals surface area contributed by atoms with E-state index in [0.29, 0.717) is 16.7 Å². The highest BCUT2D eigenvalue weighted by Crippen LogP contribution is 2.25. The molecule has 102 valence electrons. The van der Waals surface area contributed by atoms with Crippen LogP contribution in [0.25, 0.3) is 11.4 Å². The maximum Gasteiger partial charge on any atom is 0.321 e. The molecule has 1 unspecified atom stereocenters. The standard InChI is InChI=1S/C11H13F2N5O/c12-11(13)17-7-14-16-10(17)8-5-15-18(6-8)9-3-1-2-4-19-9/h5-7,9,11H,1-4H2. The molecule has 0 radical (unpaired) electrons. The second-order valence-corrected chi connectivity index (χ2v) is 4.37. The monoisotopic (exact) mass is 269 g/mol. The summed E-state index contributed by atoms with van der Waals surface area (Å²) in [4.78, 5) is 0. The van der Waals surface area contributed by atoms with Crippen molar-refractivity contribution in [3.8, 4) is 11.4 Å². The van der Waals surface area contributed by atoms with E-state index in [1.807, 2.05) is 0 Å². The van der Waals surface area contributed by atoms with Gasteiger partial charge in [0.1, 0.15) is 12.6 Å². The van der Waals surface area contributed by atoms with E-state index in [0.717, 1.165) is 25.6 Å². The van der Waals surface area contributed by atoms with Crippen LogP contribution in [0.1, 0.15) is 32.0 Å². The molecular formula is C11H13F2N5O. The van der Waals surface area contributed by atoms with E-state index in [9.17, 15) is 8.78 Å². The van der Waals surface area contributed by atoms with Crippen LogP contribution in [0, 0.1) is 0 Å². The first-order valence-electron chi connectivity index (χ1n) is 6.09. The summed E-state index contributed by atoms with van der Waals surface area (Å²) < 4.78 is 33.4. The third kappa shape index (κ3) is 2.35. The van der Waals surface area contributed by atoms with E-state index in [4.69, 9.17) is 4.74 Å². The Balaban J connectivity index is 1.86. The molecule has 1 aliphatic rings. The van der Waals surface area contributed by atoms with Crippen molar-refractivity contribution in [2.45, 2.75) is 32.0 Å². The van der Waals surface area contributed by atoms with Gasteiger partial charge >= 0.3 is 6.55 Å². The van der Waals surface area contributed by atoms with Gasteiger partial charge in [0, 0.05) is 12.8 Å². The molecule has 19 heavy (non-hydrogen) atoms. The molecule has 1 saturated heterocycles. The van der Waals surface area contributed by atoms with Crippen LogP contribution in [0.5, 0.6) is 0 Å². The SMILES string of the molecule is FC(F)n1cnnc1-c1cnn(C2CCCCO2)c1. The lowest BCUT2D eigenvalue weighted by molar-refractivity contribution is -0.0394. The molecule has 2 aromatic rings. The third-order valence-corrected chi connectivity index (χ3v) is 3.09. The maximum atomic E-state index is 12.7. The lowest BCUT2D eigenvalue weighted by Gasteiger charge is -2.22. The van der Waals surface area contributed by atoms with Crippen molar-refractivity contribution in [3.05, 3.63) is 18.7 Å². The topological polar surface area (TPSA) is 57.8 Å². The van der Waals surface area contributed by atoms with Crippen molar-refractivity contribution in [3.63, 3.8) is 0 Å². The van der Waals surface area contributed by atoms with Crippen LogP contribution in [0.3, 0.4) is 0 Å². The van der Waals surface area contributed by atoms with Crippen LogP contribution in [0.2, 0.25) is 0 Å². The maximum absolute atomic E-state index is 12.7. The van der Waals surface area contributed by atoms with Gasteiger partial charge in [-0.15, -0.1) is 10.2 Å². The Morgan fingerprint density at radius 1 is 1.37 bits per heavy atom. The second kappa shape index (κ2) is 5.04. The van der Waals surface area contributed by atoms with Crippen molar-refractivity contribution >= 4 is 0 Å². The van der Waals surface area contributed by atoms with Gasteiger partial charge in [-0.05, 0) is 19.3 Å².